The predicted octanol–water partition coefficient (Wildman–Crippen LogP) is 2.90. The molecule has 0 aliphatic heterocycles. The fourth-order valence-corrected chi connectivity index (χ4v) is 1.51. The van der Waals surface area contributed by atoms with Gasteiger partial charge in [0.15, 0.2) is 0 Å². The van der Waals surface area contributed by atoms with E-state index in [1.807, 2.05) is 0 Å². The molecule has 2 nitrogen and oxygen atoms in total. The number of aliphatic hydroxyl groups excluding tert-OH is 1. The molecule has 0 unspecified atom stereocenters. The summed E-state index contributed by atoms with van der Waals surface area (Å²) in [6.07, 6.45) is -5.10. The van der Waals surface area contributed by atoms with E-state index in [0.717, 1.165) is 6.07 Å². The van der Waals surface area contributed by atoms with Crippen molar-refractivity contribution in [2.45, 2.75) is 31.7 Å². The highest BCUT2D eigenvalue weighted by Gasteiger charge is 2.35. The Morgan fingerprint density at radius 2 is 1.82 bits per heavy atom. The molecule has 17 heavy (non-hydrogen) atoms. The van der Waals surface area contributed by atoms with Crippen LogP contribution in [0.3, 0.4) is 0 Å². The second kappa shape index (κ2) is 6.23. The number of nitrogens with two attached hydrogens (primary N) is 1. The van der Waals surface area contributed by atoms with Crippen LogP contribution in [0.1, 0.15) is 30.5 Å². The third-order valence-corrected chi connectivity index (χ3v) is 2.46. The lowest BCUT2D eigenvalue weighted by Crippen LogP contribution is -2.28. The molecule has 0 aliphatic rings. The van der Waals surface area contributed by atoms with Crippen LogP contribution in [0.15, 0.2) is 24.3 Å². The number of halogens is 4. The normalized spacial score (nSPS) is 14.9. The number of aliphatic hydroxyl groups is 1. The summed E-state index contributed by atoms with van der Waals surface area (Å²) in [5.41, 5.74) is 4.75. The molecule has 0 aliphatic carbocycles. The van der Waals surface area contributed by atoms with Gasteiger partial charge in [0.2, 0.25) is 0 Å². The van der Waals surface area contributed by atoms with Crippen molar-refractivity contribution in [1.29, 1.82) is 0 Å². The fraction of sp³-hybridized carbons (Fsp3) is 0.455. The summed E-state index contributed by atoms with van der Waals surface area (Å²) >= 11 is 0. The van der Waals surface area contributed by atoms with E-state index in [4.69, 9.17) is 5.73 Å². The minimum absolute atomic E-state index is 0. The monoisotopic (exact) mass is 269 g/mol. The summed E-state index contributed by atoms with van der Waals surface area (Å²) in [6, 6.07) is 4.04. The molecule has 0 saturated carbocycles. The first kappa shape index (κ1) is 16.2. The molecular formula is C11H15ClF3NO. The van der Waals surface area contributed by atoms with E-state index < -0.39 is 23.9 Å². The summed E-state index contributed by atoms with van der Waals surface area (Å²) in [4.78, 5) is 0. The van der Waals surface area contributed by atoms with Crippen molar-refractivity contribution in [3.8, 4) is 0 Å². The maximum Gasteiger partial charge on any atom is 0.416 e. The van der Waals surface area contributed by atoms with E-state index in [2.05, 4.69) is 0 Å². The largest absolute Gasteiger partial charge is 0.416 e. The van der Waals surface area contributed by atoms with Crippen LogP contribution in [0.25, 0.3) is 0 Å². The van der Waals surface area contributed by atoms with Gasteiger partial charge in [-0.25, -0.2) is 0 Å². The Hall–Kier alpha value is -0.780. The maximum atomic E-state index is 12.6. The van der Waals surface area contributed by atoms with Crippen molar-refractivity contribution in [2.75, 3.05) is 0 Å². The van der Waals surface area contributed by atoms with E-state index in [1.54, 1.807) is 6.92 Å². The zero-order valence-corrected chi connectivity index (χ0v) is 10.1. The first-order valence-corrected chi connectivity index (χ1v) is 4.97. The number of alkyl halides is 3. The van der Waals surface area contributed by atoms with Gasteiger partial charge in [0.05, 0.1) is 17.7 Å². The number of benzene rings is 1. The zero-order valence-electron chi connectivity index (χ0n) is 9.24. The SMILES string of the molecule is CC[C@H](O)[C@H](N)c1ccccc1C(F)(F)F.Cl. The van der Waals surface area contributed by atoms with Gasteiger partial charge in [-0.1, -0.05) is 25.1 Å². The van der Waals surface area contributed by atoms with Crippen molar-refractivity contribution < 1.29 is 18.3 Å². The summed E-state index contributed by atoms with van der Waals surface area (Å²) in [5.74, 6) is 0. The second-order valence-electron chi connectivity index (χ2n) is 3.59. The summed E-state index contributed by atoms with van der Waals surface area (Å²) in [6.45, 7) is 1.67. The number of rotatable bonds is 3. The van der Waals surface area contributed by atoms with Gasteiger partial charge in [-0.3, -0.25) is 0 Å². The van der Waals surface area contributed by atoms with Crippen LogP contribution >= 0.6 is 12.4 Å². The highest BCUT2D eigenvalue weighted by Crippen LogP contribution is 2.34. The number of hydrogen-bond donors (Lipinski definition) is 2. The molecule has 6 heteroatoms. The summed E-state index contributed by atoms with van der Waals surface area (Å²) in [5, 5.41) is 9.48. The fourth-order valence-electron chi connectivity index (χ4n) is 1.51. The topological polar surface area (TPSA) is 46.2 Å². The molecule has 0 saturated heterocycles. The lowest BCUT2D eigenvalue weighted by molar-refractivity contribution is -0.138. The Morgan fingerprint density at radius 1 is 1.29 bits per heavy atom. The molecule has 1 aromatic carbocycles. The molecule has 2 atom stereocenters. The highest BCUT2D eigenvalue weighted by molar-refractivity contribution is 5.85. The van der Waals surface area contributed by atoms with Crippen molar-refractivity contribution in [1.82, 2.24) is 0 Å². The van der Waals surface area contributed by atoms with Crippen LogP contribution in [0.2, 0.25) is 0 Å². The van der Waals surface area contributed by atoms with Crippen LogP contribution in [0, 0.1) is 0 Å². The third kappa shape index (κ3) is 3.87. The highest BCUT2D eigenvalue weighted by atomic mass is 35.5. The Morgan fingerprint density at radius 3 is 2.29 bits per heavy atom. The molecule has 1 rings (SSSR count). The molecular weight excluding hydrogens is 255 g/mol. The van der Waals surface area contributed by atoms with E-state index in [1.165, 1.54) is 18.2 Å². The summed E-state index contributed by atoms with van der Waals surface area (Å²) < 4.78 is 37.9. The average molecular weight is 270 g/mol. The van der Waals surface area contributed by atoms with Gasteiger partial charge in [0.1, 0.15) is 0 Å². The van der Waals surface area contributed by atoms with Crippen molar-refractivity contribution in [3.63, 3.8) is 0 Å². The van der Waals surface area contributed by atoms with Crippen LogP contribution in [0.5, 0.6) is 0 Å². The Labute approximate surface area is 104 Å². The first-order chi connectivity index (χ1) is 7.38. The smallest absolute Gasteiger partial charge is 0.391 e. The van der Waals surface area contributed by atoms with Gasteiger partial charge >= 0.3 is 6.18 Å². The molecule has 0 bridgehead atoms. The molecule has 0 fully saturated rings. The van der Waals surface area contributed by atoms with Gasteiger partial charge in [-0.15, -0.1) is 12.4 Å². The van der Waals surface area contributed by atoms with E-state index in [9.17, 15) is 18.3 Å². The van der Waals surface area contributed by atoms with Crippen molar-refractivity contribution >= 4 is 12.4 Å². The second-order valence-corrected chi connectivity index (χ2v) is 3.59. The van der Waals surface area contributed by atoms with Gasteiger partial charge in [-0.05, 0) is 18.1 Å². The van der Waals surface area contributed by atoms with Crippen LogP contribution in [-0.4, -0.2) is 11.2 Å². The molecule has 0 spiro atoms. The molecule has 3 N–H and O–H groups in total. The van der Waals surface area contributed by atoms with Gasteiger partial charge in [0, 0.05) is 0 Å². The molecule has 98 valence electrons. The van der Waals surface area contributed by atoms with E-state index >= 15 is 0 Å². The third-order valence-electron chi connectivity index (χ3n) is 2.46. The van der Waals surface area contributed by atoms with Crippen LogP contribution < -0.4 is 5.73 Å². The van der Waals surface area contributed by atoms with Crippen LogP contribution in [-0.2, 0) is 6.18 Å². The molecule has 1 aromatic rings. The van der Waals surface area contributed by atoms with Gasteiger partial charge < -0.3 is 10.8 Å². The van der Waals surface area contributed by atoms with E-state index in [-0.39, 0.29) is 18.0 Å². The van der Waals surface area contributed by atoms with Crippen molar-refractivity contribution in [3.05, 3.63) is 35.4 Å². The first-order valence-electron chi connectivity index (χ1n) is 4.97. The Bertz CT molecular complexity index is 357. The molecule has 0 radical (unpaired) electrons. The predicted molar refractivity (Wildman–Crippen MR) is 61.9 cm³/mol. The minimum Gasteiger partial charge on any atom is -0.391 e. The minimum atomic E-state index is -4.44. The Kier molecular flexibility index (Phi) is 5.95. The lowest BCUT2D eigenvalue weighted by Gasteiger charge is -2.21. The Balaban J connectivity index is 0.00000256. The molecule has 0 heterocycles. The molecule has 0 aromatic heterocycles. The summed E-state index contributed by atoms with van der Waals surface area (Å²) in [7, 11) is 0. The standard InChI is InChI=1S/C11H14F3NO.ClH/c1-2-9(16)10(15)7-5-3-4-6-8(7)11(12,13)14;/h3-6,9-10,16H,2,15H2,1H3;1H/t9-,10+;/m0./s1. The maximum absolute atomic E-state index is 12.6. The van der Waals surface area contributed by atoms with E-state index in [0.29, 0.717) is 6.42 Å². The molecule has 0 amide bonds. The van der Waals surface area contributed by atoms with Gasteiger partial charge in [-0.2, -0.15) is 13.2 Å². The number of hydrogen-bond acceptors (Lipinski definition) is 2. The lowest BCUT2D eigenvalue weighted by atomic mass is 9.95. The van der Waals surface area contributed by atoms with Crippen LogP contribution in [0.4, 0.5) is 13.2 Å². The zero-order chi connectivity index (χ0) is 12.3. The van der Waals surface area contributed by atoms with Crippen molar-refractivity contribution in [2.24, 2.45) is 5.73 Å². The quantitative estimate of drug-likeness (QED) is 0.886. The average Bonchev–Trinajstić information content (AvgIpc) is 2.26. The van der Waals surface area contributed by atoms with Gasteiger partial charge in [0.25, 0.3) is 0 Å².